The Morgan fingerprint density at radius 1 is 1.15 bits per heavy atom. The van der Waals surface area contributed by atoms with Crippen molar-refractivity contribution in [2.75, 3.05) is 18.0 Å². The maximum absolute atomic E-state index is 15.0. The number of hydrogen-bond acceptors (Lipinski definition) is 6. The molecule has 4 aromatic rings. The molecule has 4 heterocycles. The van der Waals surface area contributed by atoms with Crippen molar-refractivity contribution in [2.45, 2.75) is 52.6 Å². The van der Waals surface area contributed by atoms with E-state index in [4.69, 9.17) is 16.6 Å². The molecule has 0 radical (unpaired) electrons. The van der Waals surface area contributed by atoms with Crippen molar-refractivity contribution < 1.29 is 9.18 Å². The Balaban J connectivity index is 1.83. The van der Waals surface area contributed by atoms with Crippen molar-refractivity contribution in [1.29, 1.82) is 0 Å². The third kappa shape index (κ3) is 4.99. The van der Waals surface area contributed by atoms with Gasteiger partial charge in [-0.05, 0) is 62.6 Å². The first-order valence-corrected chi connectivity index (χ1v) is 13.9. The number of piperazine rings is 1. The van der Waals surface area contributed by atoms with E-state index in [0.717, 1.165) is 5.56 Å². The molecule has 2 atom stereocenters. The van der Waals surface area contributed by atoms with Crippen LogP contribution in [-0.2, 0) is 4.79 Å². The zero-order chi connectivity index (χ0) is 29.6. The minimum absolute atomic E-state index is 0.00112. The standard InChI is InChI=1S/C31H32ClFN6O2/c1-7-25(40)37-15-20(6)38(16-19(37)5)29-22-14-23(32)27(21-10-8-9-11-24(21)33)35-30(22)39(31(41)36-29)28-18(4)12-13-34-26(28)17(2)3/h7-14,17,19-20H,1,15-16H2,2-6H3/t19-,20+/m1/s1. The summed E-state index contributed by atoms with van der Waals surface area (Å²) in [6.07, 6.45) is 3.02. The van der Waals surface area contributed by atoms with Crippen LogP contribution >= 0.6 is 11.6 Å². The lowest BCUT2D eigenvalue weighted by Gasteiger charge is -2.44. The van der Waals surface area contributed by atoms with E-state index in [2.05, 4.69) is 16.5 Å². The van der Waals surface area contributed by atoms with E-state index < -0.39 is 11.5 Å². The quantitative estimate of drug-likeness (QED) is 0.285. The van der Waals surface area contributed by atoms with Gasteiger partial charge in [-0.2, -0.15) is 4.98 Å². The van der Waals surface area contributed by atoms with Gasteiger partial charge in [0.1, 0.15) is 11.6 Å². The number of pyridine rings is 2. The van der Waals surface area contributed by atoms with Gasteiger partial charge in [0, 0.05) is 36.9 Å². The molecule has 5 rings (SSSR count). The highest BCUT2D eigenvalue weighted by Crippen LogP contribution is 2.36. The molecule has 0 N–H and O–H groups in total. The molecule has 0 bridgehead atoms. The van der Waals surface area contributed by atoms with Crippen LogP contribution in [-0.4, -0.2) is 55.5 Å². The van der Waals surface area contributed by atoms with Crippen LogP contribution in [0.4, 0.5) is 10.2 Å². The van der Waals surface area contributed by atoms with Crippen molar-refractivity contribution in [3.63, 3.8) is 0 Å². The minimum atomic E-state index is -0.538. The summed E-state index contributed by atoms with van der Waals surface area (Å²) in [7, 11) is 0. The second kappa shape index (κ2) is 11.0. The number of carbonyl (C=O) groups is 1. The number of nitrogens with zero attached hydrogens (tertiary/aromatic N) is 6. The molecule has 212 valence electrons. The summed E-state index contributed by atoms with van der Waals surface area (Å²) in [6, 6.07) is 9.46. The zero-order valence-corrected chi connectivity index (χ0v) is 24.5. The third-order valence-electron chi connectivity index (χ3n) is 7.57. The van der Waals surface area contributed by atoms with Crippen LogP contribution in [0, 0.1) is 12.7 Å². The van der Waals surface area contributed by atoms with E-state index in [1.54, 1.807) is 35.4 Å². The van der Waals surface area contributed by atoms with Gasteiger partial charge < -0.3 is 9.80 Å². The molecule has 10 heteroatoms. The van der Waals surface area contributed by atoms with Gasteiger partial charge in [-0.25, -0.2) is 18.7 Å². The molecule has 1 aliphatic rings. The number of anilines is 1. The normalized spacial score (nSPS) is 17.4. The fraction of sp³-hybridized carbons (Fsp3) is 0.323. The average Bonchev–Trinajstić information content (AvgIpc) is 2.94. The van der Waals surface area contributed by atoms with Gasteiger partial charge in [-0.3, -0.25) is 9.78 Å². The zero-order valence-electron chi connectivity index (χ0n) is 23.7. The van der Waals surface area contributed by atoms with Crippen LogP contribution in [0.15, 0.2) is 60.0 Å². The Morgan fingerprint density at radius 3 is 2.56 bits per heavy atom. The van der Waals surface area contributed by atoms with E-state index in [0.29, 0.717) is 41.3 Å². The molecular formula is C31H32ClFN6O2. The Kier molecular flexibility index (Phi) is 7.66. The van der Waals surface area contributed by atoms with Crippen molar-refractivity contribution in [2.24, 2.45) is 0 Å². The summed E-state index contributed by atoms with van der Waals surface area (Å²) < 4.78 is 16.4. The molecule has 1 aliphatic heterocycles. The Labute approximate surface area is 243 Å². The average molecular weight is 575 g/mol. The highest BCUT2D eigenvalue weighted by molar-refractivity contribution is 6.33. The summed E-state index contributed by atoms with van der Waals surface area (Å²) in [5, 5.41) is 0.763. The van der Waals surface area contributed by atoms with E-state index >= 15 is 0 Å². The van der Waals surface area contributed by atoms with Gasteiger partial charge in [0.15, 0.2) is 5.65 Å². The molecule has 1 fully saturated rings. The molecule has 0 unspecified atom stereocenters. The maximum Gasteiger partial charge on any atom is 0.355 e. The molecular weight excluding hydrogens is 543 g/mol. The van der Waals surface area contributed by atoms with Crippen LogP contribution < -0.4 is 10.6 Å². The highest BCUT2D eigenvalue weighted by atomic mass is 35.5. The Morgan fingerprint density at radius 2 is 1.88 bits per heavy atom. The number of aryl methyl sites for hydroxylation is 1. The number of fused-ring (bicyclic) bond motifs is 1. The summed E-state index contributed by atoms with van der Waals surface area (Å²) in [5.41, 5.74) is 2.33. The van der Waals surface area contributed by atoms with E-state index in [1.807, 2.05) is 45.6 Å². The fourth-order valence-corrected chi connectivity index (χ4v) is 5.75. The first-order valence-electron chi connectivity index (χ1n) is 13.6. The highest BCUT2D eigenvalue weighted by Gasteiger charge is 2.34. The number of aromatic nitrogens is 4. The van der Waals surface area contributed by atoms with Crippen LogP contribution in [0.2, 0.25) is 5.02 Å². The lowest BCUT2D eigenvalue weighted by atomic mass is 10.0. The number of carbonyl (C=O) groups excluding carboxylic acids is 1. The summed E-state index contributed by atoms with van der Waals surface area (Å²) in [5.74, 6) is -0.213. The second-order valence-electron chi connectivity index (χ2n) is 10.8. The monoisotopic (exact) mass is 574 g/mol. The van der Waals surface area contributed by atoms with Crippen LogP contribution in [0.25, 0.3) is 28.0 Å². The van der Waals surface area contributed by atoms with Crippen LogP contribution in [0.1, 0.15) is 44.9 Å². The number of halogens is 2. The molecule has 0 spiro atoms. The van der Waals surface area contributed by atoms with Crippen molar-refractivity contribution in [1.82, 2.24) is 24.4 Å². The van der Waals surface area contributed by atoms with Crippen molar-refractivity contribution in [3.8, 4) is 16.9 Å². The Hall–Kier alpha value is -4.11. The largest absolute Gasteiger partial charge is 0.355 e. The van der Waals surface area contributed by atoms with Gasteiger partial charge in [-0.1, -0.05) is 44.2 Å². The molecule has 1 aromatic carbocycles. The number of rotatable bonds is 5. The Bertz CT molecular complexity index is 1740. The van der Waals surface area contributed by atoms with Gasteiger partial charge in [0.25, 0.3) is 0 Å². The van der Waals surface area contributed by atoms with E-state index in [-0.39, 0.29) is 40.2 Å². The molecule has 8 nitrogen and oxygen atoms in total. The first kappa shape index (κ1) is 28.4. The molecule has 3 aromatic heterocycles. The topological polar surface area (TPSA) is 84.2 Å². The van der Waals surface area contributed by atoms with Gasteiger partial charge in [0.05, 0.1) is 27.5 Å². The predicted octanol–water partition coefficient (Wildman–Crippen LogP) is 5.68. The van der Waals surface area contributed by atoms with Gasteiger partial charge >= 0.3 is 5.69 Å². The molecule has 1 amide bonds. The lowest BCUT2D eigenvalue weighted by molar-refractivity contribution is -0.128. The summed E-state index contributed by atoms with van der Waals surface area (Å²) >= 11 is 6.78. The van der Waals surface area contributed by atoms with Gasteiger partial charge in [-0.15, -0.1) is 0 Å². The second-order valence-corrected chi connectivity index (χ2v) is 11.2. The molecule has 1 saturated heterocycles. The summed E-state index contributed by atoms with van der Waals surface area (Å²) in [4.78, 5) is 44.3. The number of benzene rings is 1. The lowest BCUT2D eigenvalue weighted by Crippen LogP contribution is -2.58. The molecule has 41 heavy (non-hydrogen) atoms. The fourth-order valence-electron chi connectivity index (χ4n) is 5.50. The minimum Gasteiger partial charge on any atom is -0.349 e. The predicted molar refractivity (Wildman–Crippen MR) is 160 cm³/mol. The number of amides is 1. The molecule has 0 saturated carbocycles. The van der Waals surface area contributed by atoms with E-state index in [9.17, 15) is 14.0 Å². The van der Waals surface area contributed by atoms with Gasteiger partial charge in [0.2, 0.25) is 5.91 Å². The summed E-state index contributed by atoms with van der Waals surface area (Å²) in [6.45, 7) is 14.3. The smallest absolute Gasteiger partial charge is 0.349 e. The van der Waals surface area contributed by atoms with Crippen LogP contribution in [0.3, 0.4) is 0 Å². The molecule has 0 aliphatic carbocycles. The first-order chi connectivity index (χ1) is 19.5. The number of hydrogen-bond donors (Lipinski definition) is 0. The van der Waals surface area contributed by atoms with Crippen molar-refractivity contribution >= 4 is 34.4 Å². The maximum atomic E-state index is 15.0. The van der Waals surface area contributed by atoms with Crippen molar-refractivity contribution in [3.05, 3.63) is 87.8 Å². The van der Waals surface area contributed by atoms with Crippen LogP contribution in [0.5, 0.6) is 0 Å². The third-order valence-corrected chi connectivity index (χ3v) is 7.86. The SMILES string of the molecule is C=CC(=O)N1C[C@H](C)N(c2nc(=O)n(-c3c(C)ccnc3C(C)C)c3nc(-c4ccccc4F)c(Cl)cc23)C[C@H]1C. The van der Waals surface area contributed by atoms with E-state index in [1.165, 1.54) is 16.7 Å².